The molecule has 0 aliphatic carbocycles. The van der Waals surface area contributed by atoms with Gasteiger partial charge in [-0.05, 0) is 19.1 Å². The summed E-state index contributed by atoms with van der Waals surface area (Å²) in [5, 5.41) is 5.14. The second kappa shape index (κ2) is 4.55. The zero-order valence-corrected chi connectivity index (χ0v) is 11.0. The highest BCUT2D eigenvalue weighted by Crippen LogP contribution is 2.32. The zero-order chi connectivity index (χ0) is 12.6. The normalized spacial score (nSPS) is 10.8. The van der Waals surface area contributed by atoms with Crippen molar-refractivity contribution in [2.45, 2.75) is 13.5 Å². The van der Waals surface area contributed by atoms with Crippen LogP contribution in [0.25, 0.3) is 11.4 Å². The van der Waals surface area contributed by atoms with Gasteiger partial charge in [-0.3, -0.25) is 4.57 Å². The van der Waals surface area contributed by atoms with E-state index >= 15 is 0 Å². The number of nitrogens with zero attached hydrogens (tertiary/aromatic N) is 3. The van der Waals surface area contributed by atoms with Crippen LogP contribution in [0.15, 0.2) is 23.0 Å². The topological polar surface area (TPSA) is 39.8 Å². The summed E-state index contributed by atoms with van der Waals surface area (Å²) in [6.07, 6.45) is 0. The minimum Gasteiger partial charge on any atom is -0.275 e. The van der Waals surface area contributed by atoms with Crippen LogP contribution in [0.3, 0.4) is 0 Å². The van der Waals surface area contributed by atoms with Gasteiger partial charge >= 0.3 is 5.69 Å². The molecule has 6 heteroatoms. The first-order chi connectivity index (χ1) is 8.06. The Kier molecular flexibility index (Phi) is 3.26. The molecule has 0 radical (unpaired) electrons. The Morgan fingerprint density at radius 2 is 1.88 bits per heavy atom. The van der Waals surface area contributed by atoms with Crippen LogP contribution < -0.4 is 5.69 Å². The van der Waals surface area contributed by atoms with Crippen LogP contribution in [0.5, 0.6) is 0 Å². The fourth-order valence-electron chi connectivity index (χ4n) is 1.69. The standard InChI is InChI=1S/C11H11Cl2N3O/c1-3-16-10(14-15(2)11(16)17)9-7(12)5-4-6-8(9)13/h4-6H,3H2,1-2H3. The molecule has 4 nitrogen and oxygen atoms in total. The van der Waals surface area contributed by atoms with E-state index in [-0.39, 0.29) is 5.69 Å². The van der Waals surface area contributed by atoms with Crippen molar-refractivity contribution in [1.82, 2.24) is 14.3 Å². The summed E-state index contributed by atoms with van der Waals surface area (Å²) < 4.78 is 2.81. The van der Waals surface area contributed by atoms with E-state index in [1.165, 1.54) is 9.25 Å². The molecular formula is C11H11Cl2N3O. The van der Waals surface area contributed by atoms with Crippen molar-refractivity contribution in [3.8, 4) is 11.4 Å². The van der Waals surface area contributed by atoms with E-state index in [0.29, 0.717) is 28.0 Å². The predicted octanol–water partition coefficient (Wildman–Crippen LogP) is 2.58. The van der Waals surface area contributed by atoms with Gasteiger partial charge in [-0.15, -0.1) is 5.10 Å². The average molecular weight is 272 g/mol. The highest BCUT2D eigenvalue weighted by molar-refractivity contribution is 6.38. The highest BCUT2D eigenvalue weighted by Gasteiger charge is 2.17. The molecule has 2 aromatic rings. The van der Waals surface area contributed by atoms with Crippen molar-refractivity contribution in [3.63, 3.8) is 0 Å². The largest absolute Gasteiger partial charge is 0.345 e. The molecule has 0 spiro atoms. The second-order valence-corrected chi connectivity index (χ2v) is 4.39. The number of hydrogen-bond acceptors (Lipinski definition) is 2. The molecule has 1 aromatic heterocycles. The first-order valence-corrected chi connectivity index (χ1v) is 5.90. The molecule has 90 valence electrons. The third kappa shape index (κ3) is 1.98. The minimum absolute atomic E-state index is 0.182. The van der Waals surface area contributed by atoms with Gasteiger partial charge in [0.25, 0.3) is 0 Å². The smallest absolute Gasteiger partial charge is 0.275 e. The molecular weight excluding hydrogens is 261 g/mol. The summed E-state index contributed by atoms with van der Waals surface area (Å²) in [6, 6.07) is 5.20. The molecule has 0 N–H and O–H groups in total. The predicted molar refractivity (Wildman–Crippen MR) is 68.6 cm³/mol. The quantitative estimate of drug-likeness (QED) is 0.842. The zero-order valence-electron chi connectivity index (χ0n) is 9.44. The molecule has 0 unspecified atom stereocenters. The fraction of sp³-hybridized carbons (Fsp3) is 0.273. The molecule has 1 heterocycles. The maximum absolute atomic E-state index is 11.8. The Bertz CT molecular complexity index is 595. The number of aromatic nitrogens is 3. The first-order valence-electron chi connectivity index (χ1n) is 5.14. The number of aryl methyl sites for hydroxylation is 1. The van der Waals surface area contributed by atoms with Crippen LogP contribution >= 0.6 is 23.2 Å². The summed E-state index contributed by atoms with van der Waals surface area (Å²) in [6.45, 7) is 2.39. The van der Waals surface area contributed by atoms with Gasteiger partial charge in [0.15, 0.2) is 5.82 Å². The lowest BCUT2D eigenvalue weighted by molar-refractivity contribution is 0.678. The Morgan fingerprint density at radius 3 is 2.41 bits per heavy atom. The van der Waals surface area contributed by atoms with E-state index < -0.39 is 0 Å². The Labute approximate surface area is 108 Å². The molecule has 0 aliphatic rings. The van der Waals surface area contributed by atoms with Crippen LogP contribution in [0.1, 0.15) is 6.92 Å². The monoisotopic (exact) mass is 271 g/mol. The van der Waals surface area contributed by atoms with Crippen LogP contribution in [0.2, 0.25) is 10.0 Å². The number of benzene rings is 1. The third-order valence-corrected chi connectivity index (χ3v) is 3.14. The van der Waals surface area contributed by atoms with E-state index in [2.05, 4.69) is 5.10 Å². The van der Waals surface area contributed by atoms with Crippen LogP contribution in [0, 0.1) is 0 Å². The molecule has 2 rings (SSSR count). The lowest BCUT2D eigenvalue weighted by Gasteiger charge is -2.06. The van der Waals surface area contributed by atoms with Crippen LogP contribution in [0.4, 0.5) is 0 Å². The number of hydrogen-bond donors (Lipinski definition) is 0. The maximum atomic E-state index is 11.8. The van der Waals surface area contributed by atoms with Crippen molar-refractivity contribution in [1.29, 1.82) is 0 Å². The molecule has 0 amide bonds. The Balaban J connectivity index is 2.77. The van der Waals surface area contributed by atoms with Crippen molar-refractivity contribution in [3.05, 3.63) is 38.7 Å². The van der Waals surface area contributed by atoms with E-state index in [0.717, 1.165) is 0 Å². The van der Waals surface area contributed by atoms with Gasteiger partial charge in [-0.25, -0.2) is 9.48 Å². The van der Waals surface area contributed by atoms with E-state index in [1.807, 2.05) is 6.92 Å². The molecule has 0 fully saturated rings. The van der Waals surface area contributed by atoms with Gasteiger partial charge in [-0.1, -0.05) is 29.3 Å². The van der Waals surface area contributed by atoms with E-state index in [9.17, 15) is 4.79 Å². The van der Waals surface area contributed by atoms with Crippen molar-refractivity contribution >= 4 is 23.2 Å². The van der Waals surface area contributed by atoms with Crippen molar-refractivity contribution in [2.24, 2.45) is 7.05 Å². The fourth-order valence-corrected chi connectivity index (χ4v) is 2.25. The Morgan fingerprint density at radius 1 is 1.29 bits per heavy atom. The third-order valence-electron chi connectivity index (χ3n) is 2.51. The van der Waals surface area contributed by atoms with Gasteiger partial charge in [-0.2, -0.15) is 0 Å². The van der Waals surface area contributed by atoms with Crippen molar-refractivity contribution in [2.75, 3.05) is 0 Å². The van der Waals surface area contributed by atoms with Gasteiger partial charge in [0.05, 0.1) is 15.6 Å². The number of rotatable bonds is 2. The summed E-state index contributed by atoms with van der Waals surface area (Å²) in [5.74, 6) is 0.496. The minimum atomic E-state index is -0.182. The van der Waals surface area contributed by atoms with Gasteiger partial charge in [0.1, 0.15) is 0 Å². The molecule has 0 saturated heterocycles. The molecule has 0 aliphatic heterocycles. The maximum Gasteiger partial charge on any atom is 0.345 e. The highest BCUT2D eigenvalue weighted by atomic mass is 35.5. The Hall–Kier alpha value is -1.26. The molecule has 0 saturated carbocycles. The summed E-state index contributed by atoms with van der Waals surface area (Å²) in [5.41, 5.74) is 0.411. The van der Waals surface area contributed by atoms with Crippen molar-refractivity contribution < 1.29 is 0 Å². The first kappa shape index (κ1) is 12.2. The van der Waals surface area contributed by atoms with Gasteiger partial charge in [0.2, 0.25) is 0 Å². The second-order valence-electron chi connectivity index (χ2n) is 3.57. The lowest BCUT2D eigenvalue weighted by Crippen LogP contribution is -2.22. The summed E-state index contributed by atoms with van der Waals surface area (Å²) >= 11 is 12.2. The van der Waals surface area contributed by atoms with Crippen LogP contribution in [-0.2, 0) is 13.6 Å². The summed E-state index contributed by atoms with van der Waals surface area (Å²) in [4.78, 5) is 11.8. The van der Waals surface area contributed by atoms with Gasteiger partial charge < -0.3 is 0 Å². The SMILES string of the molecule is CCn1c(-c2c(Cl)cccc2Cl)nn(C)c1=O. The average Bonchev–Trinajstić information content (AvgIpc) is 2.55. The lowest BCUT2D eigenvalue weighted by atomic mass is 10.2. The number of halogens is 2. The molecule has 0 bridgehead atoms. The van der Waals surface area contributed by atoms with Crippen LogP contribution in [-0.4, -0.2) is 14.3 Å². The van der Waals surface area contributed by atoms with E-state index in [1.54, 1.807) is 25.2 Å². The molecule has 1 aromatic carbocycles. The molecule has 17 heavy (non-hydrogen) atoms. The van der Waals surface area contributed by atoms with E-state index in [4.69, 9.17) is 23.2 Å². The van der Waals surface area contributed by atoms with Gasteiger partial charge in [0, 0.05) is 13.6 Å². The summed E-state index contributed by atoms with van der Waals surface area (Å²) in [7, 11) is 1.60. The molecule has 0 atom stereocenters.